The van der Waals surface area contributed by atoms with Crippen LogP contribution in [0.15, 0.2) is 88.8 Å². The van der Waals surface area contributed by atoms with Gasteiger partial charge in [-0.15, -0.1) is 0 Å². The van der Waals surface area contributed by atoms with E-state index in [0.717, 1.165) is 9.54 Å². The molecule has 2 N–H and O–H groups in total. The van der Waals surface area contributed by atoms with Crippen LogP contribution in [-0.2, 0) is 32.9 Å². The van der Waals surface area contributed by atoms with Gasteiger partial charge < -0.3 is 0 Å². The number of nitrogens with two attached hydrogens (primary N) is 1. The van der Waals surface area contributed by atoms with Crippen molar-refractivity contribution in [2.24, 2.45) is 5.14 Å². The maximum absolute atomic E-state index is 13.5. The fraction of sp³-hybridized carbons (Fsp3) is 0.0909. The predicted octanol–water partition coefficient (Wildman–Crippen LogP) is 3.96. The molecule has 0 saturated heterocycles. The first kappa shape index (κ1) is 21.6. The zero-order valence-corrected chi connectivity index (χ0v) is 18.7. The number of aryl methyl sites for hydroxylation is 2. The van der Waals surface area contributed by atoms with E-state index in [4.69, 9.17) is 16.7 Å². The van der Waals surface area contributed by atoms with Crippen molar-refractivity contribution in [2.75, 3.05) is 0 Å². The molecular formula is C22H19ClN2O4S2. The highest BCUT2D eigenvalue weighted by molar-refractivity contribution is 7.92. The van der Waals surface area contributed by atoms with Gasteiger partial charge >= 0.3 is 0 Å². The highest BCUT2D eigenvalue weighted by Crippen LogP contribution is 2.33. The summed E-state index contributed by atoms with van der Waals surface area (Å²) in [5, 5.41) is 6.27. The number of benzene rings is 3. The van der Waals surface area contributed by atoms with Crippen LogP contribution in [0.5, 0.6) is 0 Å². The summed E-state index contributed by atoms with van der Waals surface area (Å²) in [4.78, 5) is -0.0232. The average molecular weight is 475 g/mol. The average Bonchev–Trinajstić information content (AvgIpc) is 3.10. The van der Waals surface area contributed by atoms with Gasteiger partial charge in [0.1, 0.15) is 0 Å². The summed E-state index contributed by atoms with van der Waals surface area (Å²) < 4.78 is 53.1. The SMILES string of the molecule is NS(=O)(=O)c1c(CCc2ccc(Cl)cc2)c2ccccc2n1S(=O)(=O)c1ccccc1. The topological polar surface area (TPSA) is 99.2 Å². The Balaban J connectivity index is 1.96. The first-order chi connectivity index (χ1) is 14.7. The lowest BCUT2D eigenvalue weighted by Crippen LogP contribution is -2.23. The Morgan fingerprint density at radius 3 is 2.03 bits per heavy atom. The molecule has 0 amide bonds. The molecule has 4 aromatic rings. The summed E-state index contributed by atoms with van der Waals surface area (Å²) in [7, 11) is -8.57. The summed E-state index contributed by atoms with van der Waals surface area (Å²) >= 11 is 5.94. The number of hydrogen-bond acceptors (Lipinski definition) is 4. The third-order valence-electron chi connectivity index (χ3n) is 5.02. The lowest BCUT2D eigenvalue weighted by molar-refractivity contribution is 0.573. The monoisotopic (exact) mass is 474 g/mol. The zero-order valence-electron chi connectivity index (χ0n) is 16.3. The minimum absolute atomic E-state index is 0.0232. The molecule has 160 valence electrons. The molecule has 0 unspecified atom stereocenters. The number of fused-ring (bicyclic) bond motifs is 1. The Morgan fingerprint density at radius 1 is 0.774 bits per heavy atom. The van der Waals surface area contributed by atoms with Crippen molar-refractivity contribution in [3.63, 3.8) is 0 Å². The zero-order chi connectivity index (χ0) is 22.2. The highest BCUT2D eigenvalue weighted by Gasteiger charge is 2.32. The van der Waals surface area contributed by atoms with Gasteiger partial charge in [0.25, 0.3) is 20.0 Å². The van der Waals surface area contributed by atoms with E-state index in [1.165, 1.54) is 12.1 Å². The molecule has 0 bridgehead atoms. The predicted molar refractivity (Wildman–Crippen MR) is 121 cm³/mol. The number of primary sulfonamides is 1. The van der Waals surface area contributed by atoms with Crippen LogP contribution in [0.4, 0.5) is 0 Å². The molecule has 6 nitrogen and oxygen atoms in total. The van der Waals surface area contributed by atoms with Crippen molar-refractivity contribution in [2.45, 2.75) is 22.8 Å². The van der Waals surface area contributed by atoms with Crippen LogP contribution in [0.1, 0.15) is 11.1 Å². The number of rotatable bonds is 6. The molecule has 9 heteroatoms. The molecule has 0 aliphatic rings. The van der Waals surface area contributed by atoms with Gasteiger partial charge in [0, 0.05) is 10.4 Å². The smallest absolute Gasteiger partial charge is 0.223 e. The molecular weight excluding hydrogens is 456 g/mol. The maximum Gasteiger partial charge on any atom is 0.269 e. The fourth-order valence-corrected chi connectivity index (χ4v) is 6.71. The van der Waals surface area contributed by atoms with E-state index in [0.29, 0.717) is 22.4 Å². The van der Waals surface area contributed by atoms with E-state index in [2.05, 4.69) is 0 Å². The van der Waals surface area contributed by atoms with Crippen LogP contribution in [0.25, 0.3) is 10.9 Å². The Labute approximate surface area is 186 Å². The van der Waals surface area contributed by atoms with Gasteiger partial charge in [0.05, 0.1) is 10.4 Å². The van der Waals surface area contributed by atoms with Gasteiger partial charge in [-0.1, -0.05) is 60.1 Å². The molecule has 1 aromatic heterocycles. The summed E-state index contributed by atoms with van der Waals surface area (Å²) in [6.45, 7) is 0. The summed E-state index contributed by atoms with van der Waals surface area (Å²) in [5.74, 6) is 0. The standard InChI is InChI=1S/C22H19ClN2O4S2/c23-17-13-10-16(11-14-17)12-15-20-19-8-4-5-9-21(19)25(22(20)30(24,26)27)31(28,29)18-6-2-1-3-7-18/h1-11,13-14H,12,15H2,(H2,24,26,27). The van der Waals surface area contributed by atoms with E-state index in [1.54, 1.807) is 54.6 Å². The number of nitrogens with zero attached hydrogens (tertiary/aromatic N) is 1. The van der Waals surface area contributed by atoms with Crippen molar-refractivity contribution >= 4 is 42.6 Å². The van der Waals surface area contributed by atoms with E-state index in [1.807, 2.05) is 12.1 Å². The molecule has 0 fully saturated rings. The van der Waals surface area contributed by atoms with Crippen molar-refractivity contribution in [3.8, 4) is 0 Å². The van der Waals surface area contributed by atoms with Crippen LogP contribution in [0.2, 0.25) is 5.02 Å². The summed E-state index contributed by atoms with van der Waals surface area (Å²) in [6.07, 6.45) is 0.768. The lowest BCUT2D eigenvalue weighted by atomic mass is 10.0. The second-order valence-corrected chi connectivity index (χ2v) is 10.8. The first-order valence-electron chi connectivity index (χ1n) is 9.40. The quantitative estimate of drug-likeness (QED) is 0.457. The minimum atomic E-state index is -4.37. The van der Waals surface area contributed by atoms with Gasteiger partial charge in [0.15, 0.2) is 5.03 Å². The van der Waals surface area contributed by atoms with E-state index >= 15 is 0 Å². The normalized spacial score (nSPS) is 12.3. The molecule has 1 heterocycles. The molecule has 0 aliphatic carbocycles. The van der Waals surface area contributed by atoms with Gasteiger partial charge in [-0.2, -0.15) is 0 Å². The fourth-order valence-electron chi connectivity index (χ4n) is 3.64. The van der Waals surface area contributed by atoms with Crippen LogP contribution in [0.3, 0.4) is 0 Å². The van der Waals surface area contributed by atoms with E-state index < -0.39 is 25.1 Å². The number of aromatic nitrogens is 1. The van der Waals surface area contributed by atoms with Crippen molar-refractivity contribution in [1.29, 1.82) is 0 Å². The van der Waals surface area contributed by atoms with E-state index in [9.17, 15) is 16.8 Å². The molecule has 31 heavy (non-hydrogen) atoms. The van der Waals surface area contributed by atoms with Gasteiger partial charge in [-0.25, -0.2) is 25.9 Å². The Hall–Kier alpha value is -2.65. The van der Waals surface area contributed by atoms with Crippen LogP contribution >= 0.6 is 11.6 Å². The first-order valence-corrected chi connectivity index (χ1v) is 12.8. The molecule has 0 aliphatic heterocycles. The Kier molecular flexibility index (Phi) is 5.65. The number of halogens is 1. The third-order valence-corrected chi connectivity index (χ3v) is 8.08. The maximum atomic E-state index is 13.5. The molecule has 4 rings (SSSR count). The lowest BCUT2D eigenvalue weighted by Gasteiger charge is -2.12. The van der Waals surface area contributed by atoms with Crippen LogP contribution < -0.4 is 5.14 Å². The third kappa shape index (κ3) is 4.12. The van der Waals surface area contributed by atoms with Crippen molar-refractivity contribution in [3.05, 3.63) is 95.0 Å². The molecule has 0 radical (unpaired) electrons. The molecule has 0 atom stereocenters. The number of sulfonamides is 1. The minimum Gasteiger partial charge on any atom is -0.223 e. The van der Waals surface area contributed by atoms with E-state index in [-0.39, 0.29) is 16.8 Å². The number of para-hydroxylation sites is 1. The van der Waals surface area contributed by atoms with Crippen molar-refractivity contribution in [1.82, 2.24) is 3.97 Å². The second kappa shape index (κ2) is 8.12. The Bertz CT molecular complexity index is 1460. The van der Waals surface area contributed by atoms with Gasteiger partial charge in [-0.05, 0) is 54.3 Å². The Morgan fingerprint density at radius 2 is 1.39 bits per heavy atom. The molecule has 0 saturated carbocycles. The second-order valence-electron chi connectivity index (χ2n) is 7.05. The molecule has 3 aromatic carbocycles. The highest BCUT2D eigenvalue weighted by atomic mass is 35.5. The van der Waals surface area contributed by atoms with Crippen LogP contribution in [-0.4, -0.2) is 20.8 Å². The summed E-state index contributed by atoms with van der Waals surface area (Å²) in [5.41, 5.74) is 1.57. The van der Waals surface area contributed by atoms with Crippen molar-refractivity contribution < 1.29 is 16.8 Å². The molecule has 0 spiro atoms. The summed E-state index contributed by atoms with van der Waals surface area (Å²) in [6, 6.07) is 21.6. The van der Waals surface area contributed by atoms with Gasteiger partial charge in [0.2, 0.25) is 0 Å². The largest absolute Gasteiger partial charge is 0.269 e. The number of hydrogen-bond donors (Lipinski definition) is 1. The van der Waals surface area contributed by atoms with Gasteiger partial charge in [-0.3, -0.25) is 0 Å². The van der Waals surface area contributed by atoms with Crippen LogP contribution in [0, 0.1) is 0 Å².